The van der Waals surface area contributed by atoms with Gasteiger partial charge in [0, 0.05) is 25.0 Å². The molecule has 0 saturated heterocycles. The second-order valence-electron chi connectivity index (χ2n) is 5.98. The van der Waals surface area contributed by atoms with Crippen LogP contribution in [-0.4, -0.2) is 46.9 Å². The molecule has 0 aromatic carbocycles. The highest BCUT2D eigenvalue weighted by molar-refractivity contribution is 5.12. The van der Waals surface area contributed by atoms with Gasteiger partial charge in [-0.05, 0) is 46.4 Å². The number of nitrogens with zero attached hydrogens (tertiary/aromatic N) is 2. The summed E-state index contributed by atoms with van der Waals surface area (Å²) >= 11 is 0. The predicted octanol–water partition coefficient (Wildman–Crippen LogP) is 2.25. The molecule has 4 heteroatoms. The monoisotopic (exact) mass is 266 g/mol. The molecule has 0 saturated carbocycles. The Morgan fingerprint density at radius 1 is 1.42 bits per heavy atom. The molecule has 0 radical (unpaired) electrons. The van der Waals surface area contributed by atoms with Gasteiger partial charge >= 0.3 is 0 Å². The zero-order chi connectivity index (χ0) is 14.5. The van der Waals surface area contributed by atoms with Crippen LogP contribution < -0.4 is 0 Å². The summed E-state index contributed by atoms with van der Waals surface area (Å²) in [5.41, 5.74) is 0.933. The number of likely N-dealkylation sites (N-methyl/N-ethyl adjacent to an activating group) is 1. The maximum atomic E-state index is 10.00. The molecule has 2 atom stereocenters. The highest BCUT2D eigenvalue weighted by Gasteiger charge is 2.18. The smallest absolute Gasteiger partial charge is 0.0900 e. The molecule has 4 nitrogen and oxygen atoms in total. The summed E-state index contributed by atoms with van der Waals surface area (Å²) in [6.07, 6.45) is 3.14. The number of aromatic nitrogens is 1. The van der Waals surface area contributed by atoms with Gasteiger partial charge in [0.15, 0.2) is 0 Å². The van der Waals surface area contributed by atoms with Crippen LogP contribution in [0.15, 0.2) is 24.5 Å². The van der Waals surface area contributed by atoms with E-state index in [4.69, 9.17) is 4.74 Å². The molecule has 19 heavy (non-hydrogen) atoms. The van der Waals surface area contributed by atoms with Gasteiger partial charge in [0.25, 0.3) is 0 Å². The summed E-state index contributed by atoms with van der Waals surface area (Å²) in [4.78, 5) is 6.23. The molecule has 1 rings (SSSR count). The van der Waals surface area contributed by atoms with E-state index in [0.29, 0.717) is 13.2 Å². The quantitative estimate of drug-likeness (QED) is 0.858. The summed E-state index contributed by atoms with van der Waals surface area (Å²) in [6, 6.07) is 4.20. The van der Waals surface area contributed by atoms with Crippen LogP contribution >= 0.6 is 0 Å². The third-order valence-corrected chi connectivity index (χ3v) is 3.04. The van der Waals surface area contributed by atoms with Gasteiger partial charge in [0.05, 0.1) is 18.3 Å². The van der Waals surface area contributed by atoms with Gasteiger partial charge < -0.3 is 9.84 Å². The topological polar surface area (TPSA) is 45.6 Å². The van der Waals surface area contributed by atoms with E-state index in [9.17, 15) is 5.11 Å². The van der Waals surface area contributed by atoms with Crippen LogP contribution in [0, 0.1) is 0 Å². The summed E-state index contributed by atoms with van der Waals surface area (Å²) < 4.78 is 5.59. The lowest BCUT2D eigenvalue weighted by atomic mass is 10.1. The van der Waals surface area contributed by atoms with E-state index < -0.39 is 6.10 Å². The SMILES string of the molecule is CC(c1cccnc1)N(C)CC(O)COC(C)(C)C. The Bertz CT molecular complexity index is 362. The van der Waals surface area contributed by atoms with Gasteiger partial charge in [-0.3, -0.25) is 9.88 Å². The second kappa shape index (κ2) is 6.98. The molecule has 1 heterocycles. The van der Waals surface area contributed by atoms with Crippen molar-refractivity contribution in [2.75, 3.05) is 20.2 Å². The molecule has 1 aromatic heterocycles. The molecule has 0 aliphatic carbocycles. The first kappa shape index (κ1) is 16.1. The van der Waals surface area contributed by atoms with Crippen LogP contribution in [0.5, 0.6) is 0 Å². The minimum Gasteiger partial charge on any atom is -0.389 e. The lowest BCUT2D eigenvalue weighted by molar-refractivity contribution is -0.0566. The average Bonchev–Trinajstić information content (AvgIpc) is 2.35. The van der Waals surface area contributed by atoms with Gasteiger partial charge in [0.1, 0.15) is 0 Å². The number of pyridine rings is 1. The number of aliphatic hydroxyl groups is 1. The Hall–Kier alpha value is -0.970. The van der Waals surface area contributed by atoms with E-state index in [1.165, 1.54) is 0 Å². The van der Waals surface area contributed by atoms with Crippen molar-refractivity contribution < 1.29 is 9.84 Å². The Morgan fingerprint density at radius 3 is 2.63 bits per heavy atom. The van der Waals surface area contributed by atoms with Crippen molar-refractivity contribution in [3.63, 3.8) is 0 Å². The Morgan fingerprint density at radius 2 is 2.11 bits per heavy atom. The normalized spacial score (nSPS) is 15.5. The van der Waals surface area contributed by atoms with Crippen molar-refractivity contribution in [2.24, 2.45) is 0 Å². The fraction of sp³-hybridized carbons (Fsp3) is 0.667. The zero-order valence-corrected chi connectivity index (χ0v) is 12.6. The molecule has 1 N–H and O–H groups in total. The molecule has 108 valence electrons. The van der Waals surface area contributed by atoms with E-state index in [1.54, 1.807) is 6.20 Å². The fourth-order valence-corrected chi connectivity index (χ4v) is 1.77. The van der Waals surface area contributed by atoms with Crippen LogP contribution in [0.4, 0.5) is 0 Å². The molecule has 0 amide bonds. The first-order valence-electron chi connectivity index (χ1n) is 6.72. The lowest BCUT2D eigenvalue weighted by Gasteiger charge is -2.28. The van der Waals surface area contributed by atoms with Crippen molar-refractivity contribution in [3.8, 4) is 0 Å². The standard InChI is InChI=1S/C15H26N2O2/c1-12(13-7-6-8-16-9-13)17(5)10-14(18)11-19-15(2,3)4/h6-9,12,14,18H,10-11H2,1-5H3. The first-order valence-corrected chi connectivity index (χ1v) is 6.72. The number of aliphatic hydroxyl groups excluding tert-OH is 1. The summed E-state index contributed by atoms with van der Waals surface area (Å²) in [5.74, 6) is 0. The third kappa shape index (κ3) is 6.14. The van der Waals surface area contributed by atoms with Crippen LogP contribution in [-0.2, 0) is 4.74 Å². The molecule has 0 spiro atoms. The summed E-state index contributed by atoms with van der Waals surface area (Å²) in [6.45, 7) is 9.00. The van der Waals surface area contributed by atoms with Gasteiger partial charge in [-0.25, -0.2) is 0 Å². The highest BCUT2D eigenvalue weighted by Crippen LogP contribution is 2.17. The molecular formula is C15H26N2O2. The number of rotatable bonds is 6. The van der Waals surface area contributed by atoms with Gasteiger partial charge in [-0.2, -0.15) is 0 Å². The number of hydrogen-bond acceptors (Lipinski definition) is 4. The van der Waals surface area contributed by atoms with Gasteiger partial charge in [-0.15, -0.1) is 0 Å². The van der Waals surface area contributed by atoms with E-state index in [2.05, 4.69) is 16.8 Å². The first-order chi connectivity index (χ1) is 8.79. The Labute approximate surface area is 116 Å². The van der Waals surface area contributed by atoms with E-state index in [0.717, 1.165) is 5.56 Å². The van der Waals surface area contributed by atoms with Crippen LogP contribution in [0.3, 0.4) is 0 Å². The van der Waals surface area contributed by atoms with Crippen molar-refractivity contribution >= 4 is 0 Å². The van der Waals surface area contributed by atoms with Gasteiger partial charge in [-0.1, -0.05) is 6.07 Å². The highest BCUT2D eigenvalue weighted by atomic mass is 16.5. The maximum absolute atomic E-state index is 10.00. The zero-order valence-electron chi connectivity index (χ0n) is 12.6. The average molecular weight is 266 g/mol. The summed E-state index contributed by atoms with van der Waals surface area (Å²) in [7, 11) is 2.00. The minimum absolute atomic E-state index is 0.214. The molecule has 1 aromatic rings. The van der Waals surface area contributed by atoms with E-state index in [-0.39, 0.29) is 11.6 Å². The van der Waals surface area contributed by atoms with Crippen LogP contribution in [0.25, 0.3) is 0 Å². The fourth-order valence-electron chi connectivity index (χ4n) is 1.77. The number of hydrogen-bond donors (Lipinski definition) is 1. The van der Waals surface area contributed by atoms with Crippen molar-refractivity contribution in [1.82, 2.24) is 9.88 Å². The maximum Gasteiger partial charge on any atom is 0.0900 e. The predicted molar refractivity (Wildman–Crippen MR) is 77.0 cm³/mol. The van der Waals surface area contributed by atoms with Crippen molar-refractivity contribution in [2.45, 2.75) is 45.4 Å². The second-order valence-corrected chi connectivity index (χ2v) is 5.98. The molecule has 0 aliphatic rings. The lowest BCUT2D eigenvalue weighted by Crippen LogP contribution is -2.36. The van der Waals surface area contributed by atoms with E-state index in [1.807, 2.05) is 46.1 Å². The molecule has 0 fully saturated rings. The minimum atomic E-state index is -0.483. The number of ether oxygens (including phenoxy) is 1. The molecule has 0 aliphatic heterocycles. The van der Waals surface area contributed by atoms with Gasteiger partial charge in [0.2, 0.25) is 0 Å². The van der Waals surface area contributed by atoms with Crippen molar-refractivity contribution in [1.29, 1.82) is 0 Å². The molecule has 0 bridgehead atoms. The Kier molecular flexibility index (Phi) is 5.91. The van der Waals surface area contributed by atoms with Crippen LogP contribution in [0.1, 0.15) is 39.3 Å². The molecular weight excluding hydrogens is 240 g/mol. The Balaban J connectivity index is 2.44. The van der Waals surface area contributed by atoms with Crippen LogP contribution in [0.2, 0.25) is 0 Å². The molecule has 2 unspecified atom stereocenters. The largest absolute Gasteiger partial charge is 0.389 e. The third-order valence-electron chi connectivity index (χ3n) is 3.04. The van der Waals surface area contributed by atoms with Crippen molar-refractivity contribution in [3.05, 3.63) is 30.1 Å². The van der Waals surface area contributed by atoms with E-state index >= 15 is 0 Å². The summed E-state index contributed by atoms with van der Waals surface area (Å²) in [5, 5.41) is 10.00.